The van der Waals surface area contributed by atoms with Gasteiger partial charge in [-0.1, -0.05) is 59.1 Å². The van der Waals surface area contributed by atoms with Crippen LogP contribution in [0.1, 0.15) is 30.5 Å². The van der Waals surface area contributed by atoms with Gasteiger partial charge < -0.3 is 10.2 Å². The highest BCUT2D eigenvalue weighted by atomic mass is 35.5. The number of hydrogen-bond acceptors (Lipinski definition) is 4. The van der Waals surface area contributed by atoms with Crippen LogP contribution in [0.4, 0.5) is 5.69 Å². The van der Waals surface area contributed by atoms with Crippen molar-refractivity contribution in [3.05, 3.63) is 94.5 Å². The topological polar surface area (TPSA) is 86.8 Å². The summed E-state index contributed by atoms with van der Waals surface area (Å²) in [4.78, 5) is 28.0. The van der Waals surface area contributed by atoms with Gasteiger partial charge >= 0.3 is 0 Å². The number of rotatable bonds is 10. The lowest BCUT2D eigenvalue weighted by molar-refractivity contribution is -0.139. The van der Waals surface area contributed by atoms with Crippen LogP contribution in [0.5, 0.6) is 0 Å². The highest BCUT2D eigenvalue weighted by Gasteiger charge is 2.32. The minimum atomic E-state index is -4.11. The number of carbonyl (C=O) groups excluding carboxylic acids is 2. The number of halogens is 1. The van der Waals surface area contributed by atoms with Gasteiger partial charge in [-0.2, -0.15) is 0 Å². The summed E-state index contributed by atoms with van der Waals surface area (Å²) in [5.74, 6) is -0.825. The fourth-order valence-electron chi connectivity index (χ4n) is 3.89. The smallest absolute Gasteiger partial charge is 0.264 e. The molecule has 0 heterocycles. The second-order valence-electron chi connectivity index (χ2n) is 8.88. The largest absolute Gasteiger partial charge is 0.355 e. The molecule has 1 atom stereocenters. The summed E-state index contributed by atoms with van der Waals surface area (Å²) >= 11 is 6.04. The number of nitrogens with zero attached hydrogens (tertiary/aromatic N) is 2. The molecule has 7 nitrogen and oxygen atoms in total. The van der Waals surface area contributed by atoms with E-state index in [0.717, 1.165) is 21.0 Å². The molecule has 3 rings (SSSR count). The molecule has 37 heavy (non-hydrogen) atoms. The number of anilines is 1. The van der Waals surface area contributed by atoms with E-state index in [1.165, 1.54) is 17.0 Å². The first kappa shape index (κ1) is 28.2. The monoisotopic (exact) mass is 541 g/mol. The van der Waals surface area contributed by atoms with E-state index < -0.39 is 28.5 Å². The molecule has 0 unspecified atom stereocenters. The van der Waals surface area contributed by atoms with Gasteiger partial charge in [0.2, 0.25) is 11.8 Å². The third-order valence-electron chi connectivity index (χ3n) is 5.96. The first-order valence-electron chi connectivity index (χ1n) is 12.0. The second kappa shape index (κ2) is 12.3. The van der Waals surface area contributed by atoms with E-state index in [9.17, 15) is 18.0 Å². The van der Waals surface area contributed by atoms with Crippen molar-refractivity contribution < 1.29 is 18.0 Å². The van der Waals surface area contributed by atoms with Gasteiger partial charge in [0.1, 0.15) is 12.6 Å². The first-order valence-corrected chi connectivity index (χ1v) is 13.8. The van der Waals surface area contributed by atoms with E-state index >= 15 is 0 Å². The predicted molar refractivity (Wildman–Crippen MR) is 147 cm³/mol. The maximum Gasteiger partial charge on any atom is 0.264 e. The van der Waals surface area contributed by atoms with Crippen molar-refractivity contribution in [2.75, 3.05) is 17.4 Å². The van der Waals surface area contributed by atoms with Crippen LogP contribution in [0.3, 0.4) is 0 Å². The summed E-state index contributed by atoms with van der Waals surface area (Å²) in [7, 11) is -4.11. The maximum absolute atomic E-state index is 13.8. The number of hydrogen-bond donors (Lipinski definition) is 1. The second-order valence-corrected chi connectivity index (χ2v) is 11.2. The van der Waals surface area contributed by atoms with Gasteiger partial charge in [0.05, 0.1) is 10.6 Å². The Balaban J connectivity index is 2.02. The molecule has 0 aliphatic carbocycles. The van der Waals surface area contributed by atoms with E-state index in [4.69, 9.17) is 11.6 Å². The number of carbonyl (C=O) groups is 2. The molecule has 196 valence electrons. The van der Waals surface area contributed by atoms with Crippen molar-refractivity contribution in [1.29, 1.82) is 0 Å². The first-order chi connectivity index (χ1) is 17.5. The van der Waals surface area contributed by atoms with Gasteiger partial charge in [0.15, 0.2) is 0 Å². The van der Waals surface area contributed by atoms with Crippen molar-refractivity contribution in [3.8, 4) is 0 Å². The van der Waals surface area contributed by atoms with Crippen LogP contribution in [0.2, 0.25) is 5.02 Å². The number of sulfonamides is 1. The van der Waals surface area contributed by atoms with Crippen molar-refractivity contribution in [3.63, 3.8) is 0 Å². The van der Waals surface area contributed by atoms with Gasteiger partial charge in [-0.05, 0) is 69.7 Å². The van der Waals surface area contributed by atoms with E-state index in [2.05, 4.69) is 5.32 Å². The van der Waals surface area contributed by atoms with Gasteiger partial charge in [-0.25, -0.2) is 8.42 Å². The van der Waals surface area contributed by atoms with Crippen molar-refractivity contribution >= 4 is 39.1 Å². The van der Waals surface area contributed by atoms with E-state index in [-0.39, 0.29) is 17.3 Å². The molecular weight excluding hydrogens is 510 g/mol. The molecule has 0 aromatic heterocycles. The normalized spacial score (nSPS) is 12.0. The molecule has 3 aromatic rings. The fraction of sp³-hybridized carbons (Fsp3) is 0.286. The Morgan fingerprint density at radius 1 is 0.946 bits per heavy atom. The van der Waals surface area contributed by atoms with Crippen LogP contribution in [0.25, 0.3) is 0 Å². The SMILES string of the molecule is CCNC(=O)[C@H](C)N(Cc1cccc(C)c1)C(=O)CN(c1ccc(Cl)cc1)S(=O)(=O)c1ccc(C)cc1. The molecule has 9 heteroatoms. The van der Waals surface area contributed by atoms with Gasteiger partial charge in [-0.15, -0.1) is 0 Å². The van der Waals surface area contributed by atoms with E-state index in [0.29, 0.717) is 17.3 Å². The third kappa shape index (κ3) is 7.11. The van der Waals surface area contributed by atoms with Gasteiger partial charge in [0, 0.05) is 18.1 Å². The molecule has 0 spiro atoms. The Bertz CT molecular complexity index is 1340. The van der Waals surface area contributed by atoms with Crippen molar-refractivity contribution in [2.24, 2.45) is 0 Å². The minimum absolute atomic E-state index is 0.0582. The maximum atomic E-state index is 13.8. The highest BCUT2D eigenvalue weighted by Crippen LogP contribution is 2.26. The lowest BCUT2D eigenvalue weighted by atomic mass is 10.1. The predicted octanol–water partition coefficient (Wildman–Crippen LogP) is 4.71. The molecule has 0 saturated heterocycles. The van der Waals surface area contributed by atoms with Crippen molar-refractivity contribution in [2.45, 2.75) is 45.2 Å². The summed E-state index contributed by atoms with van der Waals surface area (Å²) in [6.45, 7) is 7.31. The number of nitrogens with one attached hydrogen (secondary N) is 1. The average Bonchev–Trinajstić information content (AvgIpc) is 2.86. The van der Waals surface area contributed by atoms with Crippen LogP contribution in [0, 0.1) is 13.8 Å². The molecule has 0 bridgehead atoms. The molecular formula is C28H32ClN3O4S. The lowest BCUT2D eigenvalue weighted by Crippen LogP contribution is -2.51. The number of aryl methyl sites for hydroxylation is 2. The van der Waals surface area contributed by atoms with Crippen LogP contribution in [-0.2, 0) is 26.2 Å². The zero-order valence-electron chi connectivity index (χ0n) is 21.4. The number of benzene rings is 3. The Hall–Kier alpha value is -3.36. The Morgan fingerprint density at radius 3 is 2.19 bits per heavy atom. The standard InChI is InChI=1S/C28H32ClN3O4S/c1-5-30-28(34)22(4)31(18-23-8-6-7-21(3)17-23)27(33)19-32(25-13-11-24(29)12-14-25)37(35,36)26-15-9-20(2)10-16-26/h6-17,22H,5,18-19H2,1-4H3,(H,30,34)/t22-/m0/s1. The number of amides is 2. The highest BCUT2D eigenvalue weighted by molar-refractivity contribution is 7.92. The summed E-state index contributed by atoms with van der Waals surface area (Å²) in [6.07, 6.45) is 0. The molecule has 0 aliphatic heterocycles. The zero-order valence-corrected chi connectivity index (χ0v) is 23.0. The Morgan fingerprint density at radius 2 is 1.59 bits per heavy atom. The molecule has 0 radical (unpaired) electrons. The van der Waals surface area contributed by atoms with Crippen LogP contribution in [0.15, 0.2) is 77.7 Å². The molecule has 0 fully saturated rings. The molecule has 3 aromatic carbocycles. The Kier molecular flexibility index (Phi) is 9.34. The summed E-state index contributed by atoms with van der Waals surface area (Å²) < 4.78 is 28.5. The molecule has 1 N–H and O–H groups in total. The molecule has 2 amide bonds. The van der Waals surface area contributed by atoms with Crippen LogP contribution < -0.4 is 9.62 Å². The fourth-order valence-corrected chi connectivity index (χ4v) is 5.43. The van der Waals surface area contributed by atoms with Crippen LogP contribution in [-0.4, -0.2) is 44.3 Å². The van der Waals surface area contributed by atoms with Crippen molar-refractivity contribution in [1.82, 2.24) is 10.2 Å². The van der Waals surface area contributed by atoms with Crippen LogP contribution >= 0.6 is 11.6 Å². The van der Waals surface area contributed by atoms with E-state index in [1.54, 1.807) is 50.2 Å². The lowest BCUT2D eigenvalue weighted by Gasteiger charge is -2.32. The average molecular weight is 542 g/mol. The number of likely N-dealkylation sites (N-methyl/N-ethyl adjacent to an activating group) is 1. The van der Waals surface area contributed by atoms with E-state index in [1.807, 2.05) is 38.1 Å². The zero-order chi connectivity index (χ0) is 27.2. The Labute approximate surface area is 224 Å². The van der Waals surface area contributed by atoms with Gasteiger partial charge in [0.25, 0.3) is 10.0 Å². The third-order valence-corrected chi connectivity index (χ3v) is 8.00. The quantitative estimate of drug-likeness (QED) is 0.403. The summed E-state index contributed by atoms with van der Waals surface area (Å²) in [5.41, 5.74) is 3.05. The minimum Gasteiger partial charge on any atom is -0.355 e. The molecule has 0 aliphatic rings. The summed E-state index contributed by atoms with van der Waals surface area (Å²) in [5, 5.41) is 3.19. The summed E-state index contributed by atoms with van der Waals surface area (Å²) in [6, 6.07) is 19.5. The molecule has 0 saturated carbocycles. The van der Waals surface area contributed by atoms with Gasteiger partial charge in [-0.3, -0.25) is 13.9 Å².